The molecule has 1 aliphatic carbocycles. The molecule has 2 rings (SSSR count). The van der Waals surface area contributed by atoms with Crippen LogP contribution in [0.1, 0.15) is 51.9 Å². The molecule has 106 valence electrons. The molecule has 2 aliphatic rings. The fourth-order valence-electron chi connectivity index (χ4n) is 3.30. The van der Waals surface area contributed by atoms with E-state index in [-0.39, 0.29) is 11.4 Å². The van der Waals surface area contributed by atoms with Crippen LogP contribution in [-0.4, -0.2) is 40.5 Å². The van der Waals surface area contributed by atoms with Crippen LogP contribution >= 0.6 is 0 Å². The monoisotopic (exact) mass is 273 g/mol. The average molecular weight is 273 g/mol. The second-order valence-electron chi connectivity index (χ2n) is 5.66. The fourth-order valence-corrected chi connectivity index (χ4v) is 5.53. The number of ether oxygens (including phenoxy) is 1. The molecule has 3 nitrogen and oxygen atoms in total. The van der Waals surface area contributed by atoms with E-state index in [0.717, 1.165) is 19.4 Å². The average Bonchev–Trinajstić information content (AvgIpc) is 2.75. The summed E-state index contributed by atoms with van der Waals surface area (Å²) in [5.74, 6) is 0. The van der Waals surface area contributed by atoms with E-state index in [1.807, 2.05) is 7.05 Å². The van der Waals surface area contributed by atoms with Gasteiger partial charge in [0.1, 0.15) is 0 Å². The van der Waals surface area contributed by atoms with E-state index in [9.17, 15) is 4.21 Å². The van der Waals surface area contributed by atoms with Crippen molar-refractivity contribution in [1.29, 1.82) is 0 Å². The molecule has 4 heteroatoms. The normalized spacial score (nSPS) is 40.1. The van der Waals surface area contributed by atoms with Gasteiger partial charge in [0.05, 0.1) is 16.6 Å². The second-order valence-corrected chi connectivity index (χ2v) is 7.52. The van der Waals surface area contributed by atoms with Crippen LogP contribution < -0.4 is 5.32 Å². The Balaban J connectivity index is 2.03. The molecule has 0 aromatic heterocycles. The van der Waals surface area contributed by atoms with Crippen molar-refractivity contribution in [2.45, 2.75) is 74.5 Å². The molecular formula is C14H27NO2S. The van der Waals surface area contributed by atoms with E-state index < -0.39 is 10.8 Å². The number of hydrogen-bond acceptors (Lipinski definition) is 3. The molecule has 1 saturated carbocycles. The molecule has 0 radical (unpaired) electrons. The maximum absolute atomic E-state index is 12.8. The highest BCUT2D eigenvalue weighted by molar-refractivity contribution is 7.86. The highest BCUT2D eigenvalue weighted by Crippen LogP contribution is 2.28. The molecule has 1 heterocycles. The minimum Gasteiger partial charge on any atom is -0.377 e. The van der Waals surface area contributed by atoms with Gasteiger partial charge in [-0.15, -0.1) is 0 Å². The van der Waals surface area contributed by atoms with Crippen molar-refractivity contribution in [2.24, 2.45) is 0 Å². The highest BCUT2D eigenvalue weighted by Gasteiger charge is 2.36. The molecule has 0 amide bonds. The third kappa shape index (κ3) is 3.34. The van der Waals surface area contributed by atoms with E-state index in [2.05, 4.69) is 12.2 Å². The van der Waals surface area contributed by atoms with Crippen molar-refractivity contribution in [3.63, 3.8) is 0 Å². The lowest BCUT2D eigenvalue weighted by Gasteiger charge is -2.31. The molecule has 0 bridgehead atoms. The van der Waals surface area contributed by atoms with E-state index in [1.54, 1.807) is 0 Å². The van der Waals surface area contributed by atoms with Gasteiger partial charge in [0.15, 0.2) is 0 Å². The van der Waals surface area contributed by atoms with Gasteiger partial charge in [0.25, 0.3) is 0 Å². The molecule has 1 aliphatic heterocycles. The summed E-state index contributed by atoms with van der Waals surface area (Å²) in [6, 6.07) is 0.430. The molecular weight excluding hydrogens is 246 g/mol. The zero-order valence-corrected chi connectivity index (χ0v) is 12.5. The predicted octanol–water partition coefficient (Wildman–Crippen LogP) is 2.22. The van der Waals surface area contributed by atoms with Crippen LogP contribution in [-0.2, 0) is 15.5 Å². The molecule has 1 N–H and O–H groups in total. The summed E-state index contributed by atoms with van der Waals surface area (Å²) in [6.45, 7) is 2.86. The van der Waals surface area contributed by atoms with Crippen molar-refractivity contribution in [3.8, 4) is 0 Å². The summed E-state index contributed by atoms with van der Waals surface area (Å²) in [5, 5.41) is 3.99. The van der Waals surface area contributed by atoms with Crippen LogP contribution in [0.4, 0.5) is 0 Å². The van der Waals surface area contributed by atoms with E-state index in [1.165, 1.54) is 32.1 Å². The predicted molar refractivity (Wildman–Crippen MR) is 76.3 cm³/mol. The molecule has 1 saturated heterocycles. The van der Waals surface area contributed by atoms with Crippen molar-refractivity contribution in [2.75, 3.05) is 13.7 Å². The Kier molecular flexibility index (Phi) is 5.64. The van der Waals surface area contributed by atoms with Gasteiger partial charge in [-0.05, 0) is 33.2 Å². The molecule has 5 unspecified atom stereocenters. The standard InChI is InChI=1S/C14H27NO2S/c1-11-13(9-10-17-11)18(16)14-8-6-4-3-5-7-12(14)15-2/h11-15H,3-10H2,1-2H3. The quantitative estimate of drug-likeness (QED) is 0.857. The van der Waals surface area contributed by atoms with Crippen molar-refractivity contribution < 1.29 is 8.95 Å². The Morgan fingerprint density at radius 1 is 1.06 bits per heavy atom. The Morgan fingerprint density at radius 2 is 1.78 bits per heavy atom. The van der Waals surface area contributed by atoms with E-state index >= 15 is 0 Å². The number of hydrogen-bond donors (Lipinski definition) is 1. The minimum absolute atomic E-state index is 0.175. The van der Waals surface area contributed by atoms with Gasteiger partial charge in [0.2, 0.25) is 0 Å². The van der Waals surface area contributed by atoms with Gasteiger partial charge in [-0.25, -0.2) is 0 Å². The molecule has 2 fully saturated rings. The third-order valence-corrected chi connectivity index (χ3v) is 6.85. The largest absolute Gasteiger partial charge is 0.377 e. The maximum Gasteiger partial charge on any atom is 0.0691 e. The summed E-state index contributed by atoms with van der Waals surface area (Å²) in [6.07, 6.45) is 8.58. The SMILES string of the molecule is CNC1CCCCCCC1S(=O)C1CCOC1C. The number of rotatable bonds is 3. The molecule has 0 aromatic rings. The Bertz CT molecular complexity index is 285. The van der Waals surface area contributed by atoms with Crippen LogP contribution in [0.3, 0.4) is 0 Å². The maximum atomic E-state index is 12.8. The van der Waals surface area contributed by atoms with Gasteiger partial charge in [-0.2, -0.15) is 0 Å². The zero-order chi connectivity index (χ0) is 13.0. The van der Waals surface area contributed by atoms with Gasteiger partial charge >= 0.3 is 0 Å². The first kappa shape index (κ1) is 14.5. The number of nitrogens with one attached hydrogen (secondary N) is 1. The van der Waals surface area contributed by atoms with Crippen molar-refractivity contribution >= 4 is 10.8 Å². The summed E-state index contributed by atoms with van der Waals surface area (Å²) < 4.78 is 18.4. The molecule has 0 spiro atoms. The topological polar surface area (TPSA) is 38.3 Å². The van der Waals surface area contributed by atoms with Crippen LogP contribution in [0, 0.1) is 0 Å². The first-order valence-corrected chi connectivity index (χ1v) is 8.70. The lowest BCUT2D eigenvalue weighted by molar-refractivity contribution is 0.126. The minimum atomic E-state index is -0.748. The second kappa shape index (κ2) is 7.01. The lowest BCUT2D eigenvalue weighted by atomic mass is 9.96. The van der Waals surface area contributed by atoms with Gasteiger partial charge in [-0.3, -0.25) is 4.21 Å². The summed E-state index contributed by atoms with van der Waals surface area (Å²) >= 11 is 0. The first-order valence-electron chi connectivity index (χ1n) is 7.42. The zero-order valence-electron chi connectivity index (χ0n) is 11.7. The van der Waals surface area contributed by atoms with Gasteiger partial charge < -0.3 is 10.1 Å². The Morgan fingerprint density at radius 3 is 2.39 bits per heavy atom. The van der Waals surface area contributed by atoms with Crippen LogP contribution in [0.25, 0.3) is 0 Å². The fraction of sp³-hybridized carbons (Fsp3) is 1.00. The van der Waals surface area contributed by atoms with Gasteiger partial charge in [-0.1, -0.05) is 25.7 Å². The smallest absolute Gasteiger partial charge is 0.0691 e. The molecule has 18 heavy (non-hydrogen) atoms. The van der Waals surface area contributed by atoms with E-state index in [4.69, 9.17) is 4.74 Å². The Labute approximate surface area is 114 Å². The summed E-state index contributed by atoms with van der Waals surface area (Å²) in [5.41, 5.74) is 0. The van der Waals surface area contributed by atoms with E-state index in [0.29, 0.717) is 11.3 Å². The Hall–Kier alpha value is 0.0700. The highest BCUT2D eigenvalue weighted by atomic mass is 32.2. The van der Waals surface area contributed by atoms with Crippen LogP contribution in [0.2, 0.25) is 0 Å². The summed E-state index contributed by atoms with van der Waals surface area (Å²) in [7, 11) is 1.27. The van der Waals surface area contributed by atoms with Gasteiger partial charge in [0, 0.05) is 23.4 Å². The lowest BCUT2D eigenvalue weighted by Crippen LogP contribution is -2.45. The third-order valence-electron chi connectivity index (χ3n) is 4.48. The van der Waals surface area contributed by atoms with Crippen molar-refractivity contribution in [1.82, 2.24) is 5.32 Å². The van der Waals surface area contributed by atoms with Crippen LogP contribution in [0.5, 0.6) is 0 Å². The first-order chi connectivity index (χ1) is 8.74. The van der Waals surface area contributed by atoms with Crippen LogP contribution in [0.15, 0.2) is 0 Å². The van der Waals surface area contributed by atoms with Crippen molar-refractivity contribution in [3.05, 3.63) is 0 Å². The summed E-state index contributed by atoms with van der Waals surface area (Å²) in [4.78, 5) is 0. The molecule has 0 aromatic carbocycles. The molecule has 5 atom stereocenters.